The van der Waals surface area contributed by atoms with E-state index in [0.717, 1.165) is 42.5 Å². The molecule has 6 nitrogen and oxygen atoms in total. The number of nitrogens with one attached hydrogen (secondary N) is 2. The van der Waals surface area contributed by atoms with E-state index in [-0.39, 0.29) is 11.8 Å². The molecule has 2 N–H and O–H groups in total. The van der Waals surface area contributed by atoms with Crippen LogP contribution in [-0.2, 0) is 0 Å². The summed E-state index contributed by atoms with van der Waals surface area (Å²) in [6.45, 7) is 4.68. The molecule has 6 heteroatoms. The number of benzene rings is 1. The molecule has 0 saturated heterocycles. The standard InChI is InChI=1S/C21H26N4O2/c1-13(2)19-18(23-12-27-19)21(26)22-11-14-7-9-15(10-8-14)20-24-16-5-3-4-6-17(16)25-20/h3-6,12-15H,7-11H2,1-2H3,(H,22,26)(H,24,25). The summed E-state index contributed by atoms with van der Waals surface area (Å²) >= 11 is 0. The zero-order valence-corrected chi connectivity index (χ0v) is 15.9. The number of amides is 1. The Bertz CT molecular complexity index is 886. The third-order valence-electron chi connectivity index (χ3n) is 5.53. The van der Waals surface area contributed by atoms with Gasteiger partial charge < -0.3 is 14.7 Å². The highest BCUT2D eigenvalue weighted by atomic mass is 16.3. The van der Waals surface area contributed by atoms with Crippen molar-refractivity contribution < 1.29 is 9.21 Å². The lowest BCUT2D eigenvalue weighted by molar-refractivity contribution is 0.0936. The predicted molar refractivity (Wildman–Crippen MR) is 104 cm³/mol. The van der Waals surface area contributed by atoms with E-state index in [1.54, 1.807) is 0 Å². The molecule has 0 spiro atoms. The summed E-state index contributed by atoms with van der Waals surface area (Å²) in [5.41, 5.74) is 2.56. The Hall–Kier alpha value is -2.63. The zero-order valence-electron chi connectivity index (χ0n) is 15.9. The van der Waals surface area contributed by atoms with E-state index in [9.17, 15) is 4.79 Å². The van der Waals surface area contributed by atoms with Crippen LogP contribution in [-0.4, -0.2) is 27.4 Å². The van der Waals surface area contributed by atoms with Gasteiger partial charge in [-0.05, 0) is 43.7 Å². The maximum absolute atomic E-state index is 12.4. The number of carbonyl (C=O) groups excluding carboxylic acids is 1. The van der Waals surface area contributed by atoms with E-state index in [1.807, 2.05) is 32.0 Å². The van der Waals surface area contributed by atoms with Gasteiger partial charge >= 0.3 is 0 Å². The number of hydrogen-bond donors (Lipinski definition) is 2. The number of oxazole rings is 1. The summed E-state index contributed by atoms with van der Waals surface area (Å²) < 4.78 is 5.34. The molecule has 4 rings (SSSR count). The Morgan fingerprint density at radius 1 is 1.26 bits per heavy atom. The molecule has 0 bridgehead atoms. The molecule has 142 valence electrons. The minimum absolute atomic E-state index is 0.133. The molecule has 1 aliphatic rings. The fraction of sp³-hybridized carbons (Fsp3) is 0.476. The first-order chi connectivity index (χ1) is 13.1. The molecule has 27 heavy (non-hydrogen) atoms. The van der Waals surface area contributed by atoms with Crippen molar-refractivity contribution in [2.45, 2.75) is 51.4 Å². The van der Waals surface area contributed by atoms with Crippen LogP contribution in [0.3, 0.4) is 0 Å². The highest BCUT2D eigenvalue weighted by molar-refractivity contribution is 5.93. The highest BCUT2D eigenvalue weighted by Crippen LogP contribution is 2.35. The van der Waals surface area contributed by atoms with E-state index in [1.165, 1.54) is 6.39 Å². The lowest BCUT2D eigenvalue weighted by atomic mass is 9.81. The third kappa shape index (κ3) is 3.75. The summed E-state index contributed by atoms with van der Waals surface area (Å²) in [4.78, 5) is 24.7. The van der Waals surface area contributed by atoms with Crippen LogP contribution in [0.15, 0.2) is 35.1 Å². The normalized spacial score (nSPS) is 20.3. The van der Waals surface area contributed by atoms with Gasteiger partial charge in [0.05, 0.1) is 11.0 Å². The van der Waals surface area contributed by atoms with Gasteiger partial charge in [-0.2, -0.15) is 0 Å². The number of fused-ring (bicyclic) bond motifs is 1. The minimum Gasteiger partial charge on any atom is -0.447 e. The summed E-state index contributed by atoms with van der Waals surface area (Å²) in [5.74, 6) is 2.75. The molecule has 0 atom stereocenters. The van der Waals surface area contributed by atoms with Crippen LogP contribution >= 0.6 is 0 Å². The van der Waals surface area contributed by atoms with Crippen LogP contribution in [0.4, 0.5) is 0 Å². The first kappa shape index (κ1) is 17.8. The van der Waals surface area contributed by atoms with Crippen molar-refractivity contribution in [1.82, 2.24) is 20.3 Å². The number of aromatic nitrogens is 3. The monoisotopic (exact) mass is 366 g/mol. The predicted octanol–water partition coefficient (Wildman–Crippen LogP) is 4.38. The van der Waals surface area contributed by atoms with Gasteiger partial charge in [-0.25, -0.2) is 9.97 Å². The van der Waals surface area contributed by atoms with Gasteiger partial charge in [0, 0.05) is 18.4 Å². The topological polar surface area (TPSA) is 83.8 Å². The van der Waals surface area contributed by atoms with Gasteiger partial charge in [-0.1, -0.05) is 26.0 Å². The highest BCUT2D eigenvalue weighted by Gasteiger charge is 2.26. The average Bonchev–Trinajstić information content (AvgIpc) is 3.33. The molecule has 0 unspecified atom stereocenters. The van der Waals surface area contributed by atoms with Crippen molar-refractivity contribution in [3.63, 3.8) is 0 Å². The van der Waals surface area contributed by atoms with Crippen LogP contribution in [0.1, 0.15) is 73.4 Å². The molecule has 1 saturated carbocycles. The summed E-state index contributed by atoms with van der Waals surface area (Å²) in [5, 5.41) is 3.04. The fourth-order valence-electron chi connectivity index (χ4n) is 3.96. The molecule has 0 aliphatic heterocycles. The number of rotatable bonds is 5. The van der Waals surface area contributed by atoms with E-state index in [0.29, 0.717) is 29.8 Å². The van der Waals surface area contributed by atoms with Gasteiger partial charge in [0.2, 0.25) is 0 Å². The van der Waals surface area contributed by atoms with Crippen LogP contribution < -0.4 is 5.32 Å². The van der Waals surface area contributed by atoms with Crippen molar-refractivity contribution in [1.29, 1.82) is 0 Å². The molecule has 1 aliphatic carbocycles. The lowest BCUT2D eigenvalue weighted by Crippen LogP contribution is -2.32. The second-order valence-electron chi connectivity index (χ2n) is 7.79. The van der Waals surface area contributed by atoms with Crippen molar-refractivity contribution in [3.8, 4) is 0 Å². The first-order valence-corrected chi connectivity index (χ1v) is 9.78. The van der Waals surface area contributed by atoms with Gasteiger partial charge in [-0.15, -0.1) is 0 Å². The SMILES string of the molecule is CC(C)c1ocnc1C(=O)NCC1CCC(c2nc3ccccc3[nH]2)CC1. The largest absolute Gasteiger partial charge is 0.447 e. The van der Waals surface area contributed by atoms with E-state index < -0.39 is 0 Å². The van der Waals surface area contributed by atoms with E-state index in [2.05, 4.69) is 21.4 Å². The number of carbonyl (C=O) groups is 1. The van der Waals surface area contributed by atoms with E-state index >= 15 is 0 Å². The molecule has 2 heterocycles. The van der Waals surface area contributed by atoms with Crippen molar-refractivity contribution in [3.05, 3.63) is 47.9 Å². The Morgan fingerprint density at radius 3 is 2.78 bits per heavy atom. The molecule has 3 aromatic rings. The molecule has 1 aromatic carbocycles. The molecular weight excluding hydrogens is 340 g/mol. The lowest BCUT2D eigenvalue weighted by Gasteiger charge is -2.27. The van der Waals surface area contributed by atoms with Gasteiger partial charge in [-0.3, -0.25) is 4.79 Å². The number of aromatic amines is 1. The van der Waals surface area contributed by atoms with Gasteiger partial charge in [0.1, 0.15) is 11.6 Å². The number of H-pyrrole nitrogens is 1. The number of imidazole rings is 1. The average molecular weight is 366 g/mol. The maximum atomic E-state index is 12.4. The summed E-state index contributed by atoms with van der Waals surface area (Å²) in [6.07, 6.45) is 5.74. The fourth-order valence-corrected chi connectivity index (χ4v) is 3.96. The van der Waals surface area contributed by atoms with Gasteiger partial charge in [0.15, 0.2) is 12.1 Å². The van der Waals surface area contributed by atoms with Crippen molar-refractivity contribution in [2.75, 3.05) is 6.54 Å². The second kappa shape index (κ2) is 7.55. The maximum Gasteiger partial charge on any atom is 0.273 e. The summed E-state index contributed by atoms with van der Waals surface area (Å²) in [7, 11) is 0. The zero-order chi connectivity index (χ0) is 18.8. The van der Waals surface area contributed by atoms with Crippen LogP contribution in [0, 0.1) is 5.92 Å². The van der Waals surface area contributed by atoms with Crippen LogP contribution in [0.25, 0.3) is 11.0 Å². The number of hydrogen-bond acceptors (Lipinski definition) is 4. The van der Waals surface area contributed by atoms with Gasteiger partial charge in [0.25, 0.3) is 5.91 Å². The molecule has 1 amide bonds. The van der Waals surface area contributed by atoms with Crippen LogP contribution in [0.2, 0.25) is 0 Å². The molecule has 0 radical (unpaired) electrons. The quantitative estimate of drug-likeness (QED) is 0.702. The summed E-state index contributed by atoms with van der Waals surface area (Å²) in [6, 6.07) is 8.17. The molecule has 2 aromatic heterocycles. The molecule has 1 fully saturated rings. The number of nitrogens with zero attached hydrogens (tertiary/aromatic N) is 2. The van der Waals surface area contributed by atoms with E-state index in [4.69, 9.17) is 9.40 Å². The van der Waals surface area contributed by atoms with Crippen LogP contribution in [0.5, 0.6) is 0 Å². The number of para-hydroxylation sites is 2. The smallest absolute Gasteiger partial charge is 0.273 e. The second-order valence-corrected chi connectivity index (χ2v) is 7.79. The Kier molecular flexibility index (Phi) is 4.97. The molecular formula is C21H26N4O2. The van der Waals surface area contributed by atoms with Crippen molar-refractivity contribution in [2.24, 2.45) is 5.92 Å². The Labute approximate surface area is 158 Å². The first-order valence-electron chi connectivity index (χ1n) is 9.78. The minimum atomic E-state index is -0.133. The Balaban J connectivity index is 1.30. The van der Waals surface area contributed by atoms with Crippen molar-refractivity contribution >= 4 is 16.9 Å². The Morgan fingerprint density at radius 2 is 2.04 bits per heavy atom. The third-order valence-corrected chi connectivity index (χ3v) is 5.53.